The van der Waals surface area contributed by atoms with Gasteiger partial charge in [0.05, 0.1) is 0 Å². The first-order chi connectivity index (χ1) is 13.5. The van der Waals surface area contributed by atoms with E-state index in [1.165, 1.54) is 25.9 Å². The molecule has 0 saturated carbocycles. The van der Waals surface area contributed by atoms with E-state index >= 15 is 0 Å². The summed E-state index contributed by atoms with van der Waals surface area (Å²) in [6.07, 6.45) is 5.26. The van der Waals surface area contributed by atoms with Gasteiger partial charge in [0.15, 0.2) is 17.3 Å². The lowest BCUT2D eigenvalue weighted by atomic mass is 10.1. The summed E-state index contributed by atoms with van der Waals surface area (Å²) in [6, 6.07) is 5.49. The van der Waals surface area contributed by atoms with Crippen LogP contribution in [-0.4, -0.2) is 65.7 Å². The number of Topliss-reactive ketones (excluding diaryl/α,β-unsaturated/α-hetero) is 1. The molecule has 2 heterocycles. The maximum Gasteiger partial charge on any atom is 0.328 e. The average molecular weight is 391 g/mol. The lowest BCUT2D eigenvalue weighted by molar-refractivity contribution is -0.134. The number of aliphatic carboxylic acids is 2. The van der Waals surface area contributed by atoms with Gasteiger partial charge in [-0.2, -0.15) is 0 Å². The number of hydrogen-bond acceptors (Lipinski definition) is 6. The van der Waals surface area contributed by atoms with Crippen LogP contribution in [0.5, 0.6) is 11.5 Å². The van der Waals surface area contributed by atoms with Crippen molar-refractivity contribution in [1.82, 2.24) is 4.90 Å². The number of carbonyl (C=O) groups excluding carboxylic acids is 1. The number of carboxylic acids is 2. The molecule has 0 aromatic heterocycles. The van der Waals surface area contributed by atoms with Crippen molar-refractivity contribution in [3.63, 3.8) is 0 Å². The molecule has 0 spiro atoms. The maximum absolute atomic E-state index is 12.2. The molecular weight excluding hydrogens is 366 g/mol. The topological polar surface area (TPSA) is 113 Å². The van der Waals surface area contributed by atoms with Crippen LogP contribution in [0.1, 0.15) is 36.0 Å². The molecule has 0 radical (unpaired) electrons. The summed E-state index contributed by atoms with van der Waals surface area (Å²) in [4.78, 5) is 33.7. The fourth-order valence-corrected chi connectivity index (χ4v) is 2.97. The molecular formula is C20H25NO7. The van der Waals surface area contributed by atoms with Crippen LogP contribution in [-0.2, 0) is 9.59 Å². The first kappa shape index (κ1) is 21.4. The lowest BCUT2D eigenvalue weighted by Crippen LogP contribution is -2.21. The van der Waals surface area contributed by atoms with Gasteiger partial charge in [-0.05, 0) is 57.1 Å². The number of nitrogens with zero attached hydrogens (tertiary/aromatic N) is 1. The molecule has 2 aliphatic heterocycles. The van der Waals surface area contributed by atoms with Crippen LogP contribution in [0, 0.1) is 0 Å². The summed E-state index contributed by atoms with van der Waals surface area (Å²) in [5.41, 5.74) is 0.732. The van der Waals surface area contributed by atoms with Crippen molar-refractivity contribution in [3.05, 3.63) is 35.9 Å². The summed E-state index contributed by atoms with van der Waals surface area (Å²) >= 11 is 0. The molecule has 8 nitrogen and oxygen atoms in total. The van der Waals surface area contributed by atoms with E-state index in [9.17, 15) is 14.4 Å². The molecule has 8 heteroatoms. The molecule has 3 rings (SSSR count). The van der Waals surface area contributed by atoms with Gasteiger partial charge >= 0.3 is 11.9 Å². The van der Waals surface area contributed by atoms with Gasteiger partial charge in [0.1, 0.15) is 13.2 Å². The molecule has 2 N–H and O–H groups in total. The van der Waals surface area contributed by atoms with Crippen LogP contribution >= 0.6 is 0 Å². The van der Waals surface area contributed by atoms with Gasteiger partial charge in [-0.3, -0.25) is 4.79 Å². The largest absolute Gasteiger partial charge is 0.486 e. The summed E-state index contributed by atoms with van der Waals surface area (Å²) in [6.45, 7) is 4.56. The number of carboxylic acid groups (broad SMARTS) is 2. The minimum Gasteiger partial charge on any atom is -0.486 e. The molecule has 1 saturated heterocycles. The number of benzene rings is 1. The fraction of sp³-hybridized carbons (Fsp3) is 0.450. The second kappa shape index (κ2) is 11.1. The van der Waals surface area contributed by atoms with Crippen LogP contribution in [0.3, 0.4) is 0 Å². The van der Waals surface area contributed by atoms with Crippen molar-refractivity contribution in [3.8, 4) is 11.5 Å². The minimum atomic E-state index is -1.26. The molecule has 1 fully saturated rings. The zero-order valence-corrected chi connectivity index (χ0v) is 15.6. The van der Waals surface area contributed by atoms with E-state index in [0.29, 0.717) is 37.5 Å². The molecule has 0 unspecified atom stereocenters. The van der Waals surface area contributed by atoms with Crippen LogP contribution in [0.2, 0.25) is 0 Å². The monoisotopic (exact) mass is 391 g/mol. The normalized spacial score (nSPS) is 15.7. The Kier molecular flexibility index (Phi) is 8.48. The van der Waals surface area contributed by atoms with E-state index in [0.717, 1.165) is 24.3 Å². The number of carbonyl (C=O) groups is 3. The van der Waals surface area contributed by atoms with Crippen LogP contribution in [0.15, 0.2) is 30.4 Å². The van der Waals surface area contributed by atoms with Crippen LogP contribution in [0.25, 0.3) is 0 Å². The van der Waals surface area contributed by atoms with Gasteiger partial charge in [-0.1, -0.05) is 0 Å². The van der Waals surface area contributed by atoms with Gasteiger partial charge in [0.2, 0.25) is 0 Å². The SMILES string of the molecule is O=C(CCCN1CCCC1)c1ccc2c(c1)OCCO2.O=C(O)C=CC(=O)O. The summed E-state index contributed by atoms with van der Waals surface area (Å²) in [7, 11) is 0. The summed E-state index contributed by atoms with van der Waals surface area (Å²) < 4.78 is 11.0. The maximum atomic E-state index is 12.2. The van der Waals surface area contributed by atoms with E-state index in [4.69, 9.17) is 19.7 Å². The molecule has 0 atom stereocenters. The zero-order valence-electron chi connectivity index (χ0n) is 15.6. The number of rotatable bonds is 7. The second-order valence-electron chi connectivity index (χ2n) is 6.44. The molecule has 0 bridgehead atoms. The third-order valence-electron chi connectivity index (χ3n) is 4.31. The first-order valence-corrected chi connectivity index (χ1v) is 9.25. The average Bonchev–Trinajstić information content (AvgIpc) is 3.20. The molecule has 1 aromatic carbocycles. The smallest absolute Gasteiger partial charge is 0.328 e. The number of likely N-dealkylation sites (tertiary alicyclic amines) is 1. The third kappa shape index (κ3) is 7.40. The molecule has 2 aliphatic rings. The number of fused-ring (bicyclic) bond motifs is 1. The van der Waals surface area contributed by atoms with Crippen molar-refractivity contribution in [2.75, 3.05) is 32.8 Å². The van der Waals surface area contributed by atoms with Gasteiger partial charge < -0.3 is 24.6 Å². The highest BCUT2D eigenvalue weighted by molar-refractivity contribution is 5.96. The lowest BCUT2D eigenvalue weighted by Gasteiger charge is -2.18. The highest BCUT2D eigenvalue weighted by Crippen LogP contribution is 2.31. The van der Waals surface area contributed by atoms with E-state index in [1.807, 2.05) is 18.2 Å². The fourth-order valence-electron chi connectivity index (χ4n) is 2.97. The Bertz CT molecular complexity index is 707. The Morgan fingerprint density at radius 2 is 1.57 bits per heavy atom. The predicted molar refractivity (Wildman–Crippen MR) is 101 cm³/mol. The van der Waals surface area contributed by atoms with Crippen molar-refractivity contribution in [2.24, 2.45) is 0 Å². The summed E-state index contributed by atoms with van der Waals surface area (Å²) in [5, 5.41) is 15.6. The van der Waals surface area contributed by atoms with E-state index in [2.05, 4.69) is 4.90 Å². The number of ether oxygens (including phenoxy) is 2. The Morgan fingerprint density at radius 3 is 2.18 bits per heavy atom. The van der Waals surface area contributed by atoms with Crippen molar-refractivity contribution < 1.29 is 34.1 Å². The van der Waals surface area contributed by atoms with E-state index in [-0.39, 0.29) is 5.78 Å². The van der Waals surface area contributed by atoms with Crippen molar-refractivity contribution in [2.45, 2.75) is 25.7 Å². The van der Waals surface area contributed by atoms with Crippen molar-refractivity contribution >= 4 is 17.7 Å². The highest BCUT2D eigenvalue weighted by atomic mass is 16.6. The Hall–Kier alpha value is -2.87. The molecule has 0 amide bonds. The third-order valence-corrected chi connectivity index (χ3v) is 4.31. The Morgan fingerprint density at radius 1 is 0.964 bits per heavy atom. The summed E-state index contributed by atoms with van der Waals surface area (Å²) in [5.74, 6) is -0.882. The van der Waals surface area contributed by atoms with Gasteiger partial charge in [0.25, 0.3) is 0 Å². The highest BCUT2D eigenvalue weighted by Gasteiger charge is 2.16. The van der Waals surface area contributed by atoms with Gasteiger partial charge in [-0.25, -0.2) is 9.59 Å². The van der Waals surface area contributed by atoms with Crippen LogP contribution in [0.4, 0.5) is 0 Å². The van der Waals surface area contributed by atoms with E-state index < -0.39 is 11.9 Å². The Balaban J connectivity index is 0.000000300. The number of ketones is 1. The van der Waals surface area contributed by atoms with Gasteiger partial charge in [-0.15, -0.1) is 0 Å². The van der Waals surface area contributed by atoms with Crippen molar-refractivity contribution in [1.29, 1.82) is 0 Å². The minimum absolute atomic E-state index is 0.196. The predicted octanol–water partition coefficient (Wildman–Crippen LogP) is 2.23. The molecule has 152 valence electrons. The van der Waals surface area contributed by atoms with E-state index in [1.54, 1.807) is 0 Å². The Labute approximate surface area is 163 Å². The quantitative estimate of drug-likeness (QED) is 0.537. The van der Waals surface area contributed by atoms with Gasteiger partial charge in [0, 0.05) is 24.1 Å². The first-order valence-electron chi connectivity index (χ1n) is 9.25. The standard InChI is InChI=1S/C16H21NO3.C4H4O4/c18-14(4-3-9-17-7-1-2-8-17)13-5-6-15-16(12-13)20-11-10-19-15;5-3(6)1-2-4(7)8/h5-6,12H,1-4,7-11H2;1-2H,(H,5,6)(H,7,8). The van der Waals surface area contributed by atoms with Crippen LogP contribution < -0.4 is 9.47 Å². The second-order valence-corrected chi connectivity index (χ2v) is 6.44. The zero-order chi connectivity index (χ0) is 20.4. The molecule has 28 heavy (non-hydrogen) atoms. The molecule has 1 aromatic rings. The number of hydrogen-bond donors (Lipinski definition) is 2. The molecule has 0 aliphatic carbocycles.